The molecule has 0 heterocycles. The Labute approximate surface area is 43.1 Å². The summed E-state index contributed by atoms with van der Waals surface area (Å²) in [6.45, 7) is 0. The number of hydrogen-bond donors (Lipinski definition) is 2. The highest BCUT2D eigenvalue weighted by atomic mass is 32.2. The molecule has 0 fully saturated rings. The van der Waals surface area contributed by atoms with Crippen LogP contribution >= 0.6 is 0 Å². The van der Waals surface area contributed by atoms with Crippen molar-refractivity contribution in [1.29, 1.82) is 0 Å². The first-order valence-electron chi connectivity index (χ1n) is 1.77. The van der Waals surface area contributed by atoms with E-state index >= 15 is 0 Å². The number of rotatable bonds is 1. The van der Waals surface area contributed by atoms with E-state index in [9.17, 15) is 8.42 Å². The van der Waals surface area contributed by atoms with E-state index < -0.39 is 10.2 Å². The SMILES string of the molecule is C[NH+](C)S(N)(=O)=O. The van der Waals surface area contributed by atoms with Gasteiger partial charge in [0.1, 0.15) is 0 Å². The third-order valence-electron chi connectivity index (χ3n) is 0.569. The maximum Gasteiger partial charge on any atom is 0.365 e. The van der Waals surface area contributed by atoms with Crippen LogP contribution < -0.4 is 9.44 Å². The molecule has 0 spiro atoms. The molecule has 0 saturated carbocycles. The van der Waals surface area contributed by atoms with Gasteiger partial charge in [-0.15, -0.1) is 0 Å². The monoisotopic (exact) mass is 125 g/mol. The first-order valence-corrected chi connectivity index (χ1v) is 3.32. The third-order valence-corrected chi connectivity index (χ3v) is 1.71. The Balaban J connectivity index is 4.10. The minimum atomic E-state index is -3.32. The minimum absolute atomic E-state index is 0.243. The molecule has 0 atom stereocenters. The molecule has 0 radical (unpaired) electrons. The summed E-state index contributed by atoms with van der Waals surface area (Å²) in [7, 11) is -0.417. The average molecular weight is 125 g/mol. The lowest BCUT2D eigenvalue weighted by atomic mass is 11.3. The molecule has 7 heavy (non-hydrogen) atoms. The second-order valence-electron chi connectivity index (χ2n) is 1.45. The lowest BCUT2D eigenvalue weighted by Crippen LogP contribution is -3.09. The van der Waals surface area contributed by atoms with Crippen LogP contribution in [0.15, 0.2) is 0 Å². The predicted molar refractivity (Wildman–Crippen MR) is 25.9 cm³/mol. The van der Waals surface area contributed by atoms with Crippen molar-refractivity contribution in [2.45, 2.75) is 0 Å². The van der Waals surface area contributed by atoms with E-state index in [1.165, 1.54) is 14.1 Å². The van der Waals surface area contributed by atoms with Gasteiger partial charge in [-0.05, 0) is 0 Å². The Bertz CT molecular complexity index is 136. The number of hydrogen-bond acceptors (Lipinski definition) is 2. The molecule has 0 aliphatic rings. The summed E-state index contributed by atoms with van der Waals surface area (Å²) >= 11 is 0. The van der Waals surface area contributed by atoms with Crippen molar-refractivity contribution in [3.05, 3.63) is 0 Å². The number of quaternary nitrogens is 1. The number of nitrogens with two attached hydrogens (primary N) is 1. The molecule has 44 valence electrons. The van der Waals surface area contributed by atoms with E-state index in [0.717, 1.165) is 0 Å². The summed E-state index contributed by atoms with van der Waals surface area (Å²) in [5.41, 5.74) is 0. The summed E-state index contributed by atoms with van der Waals surface area (Å²) in [4.78, 5) is 0. The smallest absolute Gasteiger partial charge is 0.221 e. The Morgan fingerprint density at radius 3 is 1.57 bits per heavy atom. The predicted octanol–water partition coefficient (Wildman–Crippen LogP) is -2.67. The van der Waals surface area contributed by atoms with E-state index in [4.69, 9.17) is 0 Å². The zero-order valence-corrected chi connectivity index (χ0v) is 5.12. The Morgan fingerprint density at radius 1 is 1.43 bits per heavy atom. The van der Waals surface area contributed by atoms with Crippen LogP contribution in [0.3, 0.4) is 0 Å². The Morgan fingerprint density at radius 2 is 1.57 bits per heavy atom. The molecule has 0 aliphatic carbocycles. The fraction of sp³-hybridized carbons (Fsp3) is 1.00. The van der Waals surface area contributed by atoms with Gasteiger partial charge in [0.2, 0.25) is 0 Å². The zero-order valence-electron chi connectivity index (χ0n) is 4.30. The van der Waals surface area contributed by atoms with E-state index in [0.29, 0.717) is 0 Å². The van der Waals surface area contributed by atoms with Gasteiger partial charge in [0, 0.05) is 0 Å². The van der Waals surface area contributed by atoms with E-state index in [-0.39, 0.29) is 4.31 Å². The second-order valence-corrected chi connectivity index (χ2v) is 3.36. The van der Waals surface area contributed by atoms with Crippen LogP contribution in [0.2, 0.25) is 0 Å². The van der Waals surface area contributed by atoms with Crippen molar-refractivity contribution in [2.75, 3.05) is 14.1 Å². The standard InChI is InChI=1S/C2H8N2O2S/c1-4(2)7(3,5)6/h1-2H3,(H2,3,5,6)/p+1. The van der Waals surface area contributed by atoms with Crippen molar-refractivity contribution in [1.82, 2.24) is 0 Å². The molecule has 4 nitrogen and oxygen atoms in total. The molecule has 0 aliphatic heterocycles. The van der Waals surface area contributed by atoms with E-state index in [1.54, 1.807) is 0 Å². The average Bonchev–Trinajstić information content (AvgIpc) is 1.31. The summed E-state index contributed by atoms with van der Waals surface area (Å²) in [6.07, 6.45) is 0. The topological polar surface area (TPSA) is 64.6 Å². The highest BCUT2D eigenvalue weighted by Crippen LogP contribution is 1.44. The molecule has 0 aromatic heterocycles. The van der Waals surface area contributed by atoms with Crippen molar-refractivity contribution < 1.29 is 12.7 Å². The van der Waals surface area contributed by atoms with Crippen molar-refractivity contribution in [3.63, 3.8) is 0 Å². The van der Waals surface area contributed by atoms with Gasteiger partial charge in [-0.1, -0.05) is 0 Å². The van der Waals surface area contributed by atoms with E-state index in [2.05, 4.69) is 5.14 Å². The molecular formula is C2H9N2O2S+. The molecule has 0 amide bonds. The highest BCUT2D eigenvalue weighted by molar-refractivity contribution is 7.82. The lowest BCUT2D eigenvalue weighted by molar-refractivity contribution is -0.717. The molecular weight excluding hydrogens is 116 g/mol. The second kappa shape index (κ2) is 1.77. The Hall–Kier alpha value is -0.130. The van der Waals surface area contributed by atoms with Gasteiger partial charge in [0.25, 0.3) is 0 Å². The van der Waals surface area contributed by atoms with Gasteiger partial charge in [-0.3, -0.25) is 0 Å². The van der Waals surface area contributed by atoms with Crippen LogP contribution in [-0.2, 0) is 10.2 Å². The summed E-state index contributed by atoms with van der Waals surface area (Å²) in [6, 6.07) is 0. The van der Waals surface area contributed by atoms with Crippen LogP contribution in [0.1, 0.15) is 0 Å². The molecule has 0 rings (SSSR count). The summed E-state index contributed by atoms with van der Waals surface area (Å²) in [5.74, 6) is 0. The highest BCUT2D eigenvalue weighted by Gasteiger charge is 2.06. The number of nitrogens with one attached hydrogen (secondary N) is 1. The largest absolute Gasteiger partial charge is 0.365 e. The molecule has 0 bridgehead atoms. The maximum atomic E-state index is 10.1. The van der Waals surface area contributed by atoms with Crippen molar-refractivity contribution in [3.8, 4) is 0 Å². The van der Waals surface area contributed by atoms with Gasteiger partial charge in [-0.25, -0.2) is 4.31 Å². The molecule has 0 aromatic carbocycles. The fourth-order valence-electron chi connectivity index (χ4n) is 0. The fourth-order valence-corrected chi connectivity index (χ4v) is 0. The van der Waals surface area contributed by atoms with Crippen LogP contribution in [0.4, 0.5) is 0 Å². The van der Waals surface area contributed by atoms with Gasteiger partial charge >= 0.3 is 10.2 Å². The normalized spacial score (nSPS) is 12.6. The van der Waals surface area contributed by atoms with Crippen LogP contribution in [0.5, 0.6) is 0 Å². The van der Waals surface area contributed by atoms with Crippen molar-refractivity contribution >= 4 is 10.2 Å². The van der Waals surface area contributed by atoms with Crippen LogP contribution in [-0.4, -0.2) is 22.5 Å². The van der Waals surface area contributed by atoms with Gasteiger partial charge < -0.3 is 0 Å². The van der Waals surface area contributed by atoms with Gasteiger partial charge in [0.15, 0.2) is 0 Å². The molecule has 5 heteroatoms. The minimum Gasteiger partial charge on any atom is -0.221 e. The third kappa shape index (κ3) is 2.55. The molecule has 0 aromatic rings. The van der Waals surface area contributed by atoms with Crippen LogP contribution in [0, 0.1) is 0 Å². The molecule has 3 N–H and O–H groups in total. The maximum absolute atomic E-state index is 10.1. The first-order chi connectivity index (χ1) is 2.94. The van der Waals surface area contributed by atoms with Gasteiger partial charge in [-0.2, -0.15) is 13.6 Å². The van der Waals surface area contributed by atoms with Crippen molar-refractivity contribution in [2.24, 2.45) is 5.14 Å². The summed E-state index contributed by atoms with van der Waals surface area (Å²) in [5, 5.41) is 4.61. The zero-order chi connectivity index (χ0) is 6.08. The molecule has 0 saturated heterocycles. The van der Waals surface area contributed by atoms with Gasteiger partial charge in [0.05, 0.1) is 14.1 Å². The lowest BCUT2D eigenvalue weighted by Gasteiger charge is -1.99. The quantitative estimate of drug-likeness (QED) is 0.401. The van der Waals surface area contributed by atoms with E-state index in [1.807, 2.05) is 0 Å². The van der Waals surface area contributed by atoms with Crippen LogP contribution in [0.25, 0.3) is 0 Å². The molecule has 0 unspecified atom stereocenters. The first kappa shape index (κ1) is 6.87. The summed E-state index contributed by atoms with van der Waals surface area (Å²) < 4.78 is 20.4. The Kier molecular flexibility index (Phi) is 1.74.